The average Bonchev–Trinajstić information content (AvgIpc) is 3.10. The van der Waals surface area contributed by atoms with E-state index in [1.54, 1.807) is 17.5 Å². The van der Waals surface area contributed by atoms with E-state index >= 15 is 0 Å². The Morgan fingerprint density at radius 1 is 0.958 bits per heavy atom. The maximum atomic E-state index is 12.4. The van der Waals surface area contributed by atoms with Crippen LogP contribution in [-0.4, -0.2) is 19.5 Å². The van der Waals surface area contributed by atoms with Crippen LogP contribution in [0.3, 0.4) is 0 Å². The van der Waals surface area contributed by atoms with Gasteiger partial charge in [0.2, 0.25) is 0 Å². The van der Waals surface area contributed by atoms with Crippen LogP contribution in [0, 0.1) is 0 Å². The fraction of sp³-hybridized carbons (Fsp3) is 0. The maximum absolute atomic E-state index is 12.4. The Kier molecular flexibility index (Phi) is 4.37. The molecule has 0 aliphatic carbocycles. The number of aromatic carboxylic acids is 1. The zero-order valence-corrected chi connectivity index (χ0v) is 14.0. The molecule has 0 aliphatic rings. The molecule has 122 valence electrons. The van der Waals surface area contributed by atoms with Crippen LogP contribution in [0.2, 0.25) is 0 Å². The molecule has 0 saturated heterocycles. The standard InChI is InChI=1S/C17H13NO4S2/c19-17(20)14-9-8-13(12-5-2-1-3-6-12)11-15(14)18-24(21,22)16-7-4-10-23-16/h1-11,18H,(H,19,20). The van der Waals surface area contributed by atoms with E-state index in [1.807, 2.05) is 30.3 Å². The molecule has 3 aromatic rings. The number of carboxylic acid groups (broad SMARTS) is 1. The zero-order chi connectivity index (χ0) is 17.2. The number of rotatable bonds is 5. The molecule has 5 nitrogen and oxygen atoms in total. The fourth-order valence-electron chi connectivity index (χ4n) is 2.24. The Labute approximate surface area is 143 Å². The lowest BCUT2D eigenvalue weighted by molar-refractivity contribution is 0.0698. The summed E-state index contributed by atoms with van der Waals surface area (Å²) in [4.78, 5) is 11.4. The van der Waals surface area contributed by atoms with E-state index in [2.05, 4.69) is 4.72 Å². The van der Waals surface area contributed by atoms with E-state index in [0.717, 1.165) is 22.5 Å². The highest BCUT2D eigenvalue weighted by Gasteiger charge is 2.20. The van der Waals surface area contributed by atoms with Crippen LogP contribution >= 0.6 is 11.3 Å². The van der Waals surface area contributed by atoms with Gasteiger partial charge in [-0.25, -0.2) is 13.2 Å². The summed E-state index contributed by atoms with van der Waals surface area (Å²) in [6.07, 6.45) is 0. The molecule has 0 atom stereocenters. The number of carboxylic acids is 1. The molecular formula is C17H13NO4S2. The summed E-state index contributed by atoms with van der Waals surface area (Å²) in [7, 11) is -3.82. The SMILES string of the molecule is O=C(O)c1ccc(-c2ccccc2)cc1NS(=O)(=O)c1cccs1. The van der Waals surface area contributed by atoms with Crippen molar-refractivity contribution < 1.29 is 18.3 Å². The summed E-state index contributed by atoms with van der Waals surface area (Å²) in [6, 6.07) is 17.0. The molecule has 0 saturated carbocycles. The lowest BCUT2D eigenvalue weighted by Gasteiger charge is -2.11. The van der Waals surface area contributed by atoms with Gasteiger partial charge in [0.15, 0.2) is 0 Å². The first-order valence-corrected chi connectivity index (χ1v) is 9.33. The second kappa shape index (κ2) is 6.46. The Morgan fingerprint density at radius 2 is 1.71 bits per heavy atom. The number of anilines is 1. The first kappa shape index (κ1) is 16.2. The van der Waals surface area contributed by atoms with E-state index in [4.69, 9.17) is 0 Å². The topological polar surface area (TPSA) is 83.5 Å². The second-order valence-corrected chi connectivity index (χ2v) is 7.83. The van der Waals surface area contributed by atoms with Crippen molar-refractivity contribution in [3.63, 3.8) is 0 Å². The van der Waals surface area contributed by atoms with Gasteiger partial charge in [0.1, 0.15) is 4.21 Å². The van der Waals surface area contributed by atoms with Crippen molar-refractivity contribution in [2.75, 3.05) is 4.72 Å². The van der Waals surface area contributed by atoms with Gasteiger partial charge in [0, 0.05) is 0 Å². The highest BCUT2D eigenvalue weighted by Crippen LogP contribution is 2.28. The first-order valence-electron chi connectivity index (χ1n) is 6.96. The van der Waals surface area contributed by atoms with Gasteiger partial charge in [-0.1, -0.05) is 42.5 Å². The van der Waals surface area contributed by atoms with Crippen molar-refractivity contribution in [3.05, 3.63) is 71.6 Å². The largest absolute Gasteiger partial charge is 0.478 e. The van der Waals surface area contributed by atoms with E-state index in [9.17, 15) is 18.3 Å². The smallest absolute Gasteiger partial charge is 0.337 e. The van der Waals surface area contributed by atoms with Gasteiger partial charge in [-0.2, -0.15) is 0 Å². The zero-order valence-electron chi connectivity index (χ0n) is 12.3. The highest BCUT2D eigenvalue weighted by molar-refractivity contribution is 7.94. The summed E-state index contributed by atoms with van der Waals surface area (Å²) < 4.78 is 27.3. The third-order valence-corrected chi connectivity index (χ3v) is 6.12. The van der Waals surface area contributed by atoms with Gasteiger partial charge in [-0.05, 0) is 34.7 Å². The van der Waals surface area contributed by atoms with Crippen molar-refractivity contribution in [1.29, 1.82) is 0 Å². The van der Waals surface area contributed by atoms with Crippen molar-refractivity contribution >= 4 is 33.0 Å². The fourth-order valence-corrected chi connectivity index (χ4v) is 4.30. The van der Waals surface area contributed by atoms with Gasteiger partial charge >= 0.3 is 5.97 Å². The molecule has 0 spiro atoms. The van der Waals surface area contributed by atoms with Crippen LogP contribution in [-0.2, 0) is 10.0 Å². The van der Waals surface area contributed by atoms with Crippen molar-refractivity contribution in [2.24, 2.45) is 0 Å². The molecule has 0 bridgehead atoms. The van der Waals surface area contributed by atoms with Crippen molar-refractivity contribution in [1.82, 2.24) is 0 Å². The number of thiophene rings is 1. The normalized spacial score (nSPS) is 11.2. The monoisotopic (exact) mass is 359 g/mol. The van der Waals surface area contributed by atoms with Gasteiger partial charge < -0.3 is 5.11 Å². The van der Waals surface area contributed by atoms with Gasteiger partial charge in [-0.3, -0.25) is 4.72 Å². The molecule has 0 radical (unpaired) electrons. The predicted molar refractivity (Wildman–Crippen MR) is 94.0 cm³/mol. The number of carbonyl (C=O) groups is 1. The number of sulfonamides is 1. The summed E-state index contributed by atoms with van der Waals surface area (Å²) in [5.41, 5.74) is 1.53. The molecular weight excluding hydrogens is 346 g/mol. The lowest BCUT2D eigenvalue weighted by Crippen LogP contribution is -2.14. The molecule has 2 N–H and O–H groups in total. The Bertz CT molecular complexity index is 965. The molecule has 24 heavy (non-hydrogen) atoms. The minimum Gasteiger partial charge on any atom is -0.478 e. The molecule has 0 amide bonds. The summed E-state index contributed by atoms with van der Waals surface area (Å²) >= 11 is 1.07. The third kappa shape index (κ3) is 3.32. The third-order valence-electron chi connectivity index (χ3n) is 3.36. The first-order chi connectivity index (χ1) is 11.5. The molecule has 0 fully saturated rings. The van der Waals surface area contributed by atoms with E-state index in [1.165, 1.54) is 18.2 Å². The van der Waals surface area contributed by atoms with Crippen molar-refractivity contribution in [2.45, 2.75) is 4.21 Å². The maximum Gasteiger partial charge on any atom is 0.337 e. The molecule has 1 heterocycles. The van der Waals surface area contributed by atoms with Crippen LogP contribution in [0.5, 0.6) is 0 Å². The Balaban J connectivity index is 2.06. The van der Waals surface area contributed by atoms with Crippen molar-refractivity contribution in [3.8, 4) is 11.1 Å². The predicted octanol–water partition coefficient (Wildman–Crippen LogP) is 3.91. The van der Waals surface area contributed by atoms with E-state index in [0.29, 0.717) is 0 Å². The van der Waals surface area contributed by atoms with Gasteiger partial charge in [0.25, 0.3) is 10.0 Å². The van der Waals surface area contributed by atoms with Crippen LogP contribution in [0.25, 0.3) is 11.1 Å². The lowest BCUT2D eigenvalue weighted by atomic mass is 10.0. The summed E-state index contributed by atoms with van der Waals surface area (Å²) in [6.45, 7) is 0. The highest BCUT2D eigenvalue weighted by atomic mass is 32.2. The quantitative estimate of drug-likeness (QED) is 0.723. The number of benzene rings is 2. The number of hydrogen-bond donors (Lipinski definition) is 2. The molecule has 0 aliphatic heterocycles. The van der Waals surface area contributed by atoms with Crippen LogP contribution in [0.4, 0.5) is 5.69 Å². The minimum absolute atomic E-state index is 0.0391. The Hall–Kier alpha value is -2.64. The van der Waals surface area contributed by atoms with Gasteiger partial charge in [-0.15, -0.1) is 11.3 Å². The average molecular weight is 359 g/mol. The van der Waals surface area contributed by atoms with Gasteiger partial charge in [0.05, 0.1) is 11.3 Å². The van der Waals surface area contributed by atoms with Crippen LogP contribution < -0.4 is 4.72 Å². The summed E-state index contributed by atoms with van der Waals surface area (Å²) in [5, 5.41) is 11.0. The van der Waals surface area contributed by atoms with Crippen LogP contribution in [0.15, 0.2) is 70.3 Å². The summed E-state index contributed by atoms with van der Waals surface area (Å²) in [5.74, 6) is -1.20. The number of nitrogens with one attached hydrogen (secondary N) is 1. The molecule has 0 unspecified atom stereocenters. The van der Waals surface area contributed by atoms with Crippen LogP contribution in [0.1, 0.15) is 10.4 Å². The Morgan fingerprint density at radius 3 is 2.33 bits per heavy atom. The molecule has 1 aromatic heterocycles. The van der Waals surface area contributed by atoms with E-state index in [-0.39, 0.29) is 15.5 Å². The second-order valence-electron chi connectivity index (χ2n) is 4.97. The molecule has 2 aromatic carbocycles. The number of hydrogen-bond acceptors (Lipinski definition) is 4. The minimum atomic E-state index is -3.82. The van der Waals surface area contributed by atoms with E-state index < -0.39 is 16.0 Å². The molecule has 7 heteroatoms. The molecule has 3 rings (SSSR count).